The van der Waals surface area contributed by atoms with Gasteiger partial charge in [0.2, 0.25) is 0 Å². The van der Waals surface area contributed by atoms with Gasteiger partial charge in [-0.25, -0.2) is 19.9 Å². The molecular formula is C30H25ClN10. The Bertz CT molecular complexity index is 2000. The zero-order valence-electron chi connectivity index (χ0n) is 22.1. The van der Waals surface area contributed by atoms with Crippen LogP contribution in [0, 0.1) is 6.92 Å². The molecule has 0 aliphatic heterocycles. The minimum atomic E-state index is 0.341. The Morgan fingerprint density at radius 1 is 0.707 bits per heavy atom. The summed E-state index contributed by atoms with van der Waals surface area (Å²) in [5.74, 6) is 1.36. The van der Waals surface area contributed by atoms with E-state index in [1.165, 1.54) is 17.3 Å². The Morgan fingerprint density at radius 2 is 1.29 bits per heavy atom. The normalized spacial score (nSPS) is 11.0. The van der Waals surface area contributed by atoms with Crippen LogP contribution in [0.5, 0.6) is 0 Å². The van der Waals surface area contributed by atoms with Crippen LogP contribution >= 0.6 is 11.6 Å². The number of anilines is 2. The van der Waals surface area contributed by atoms with Gasteiger partial charge < -0.3 is 11.5 Å². The highest BCUT2D eigenvalue weighted by molar-refractivity contribution is 6.29. The van der Waals surface area contributed by atoms with Crippen molar-refractivity contribution >= 4 is 45.0 Å². The van der Waals surface area contributed by atoms with Gasteiger partial charge in [0.15, 0.2) is 11.6 Å². The summed E-state index contributed by atoms with van der Waals surface area (Å²) < 4.78 is 3.71. The van der Waals surface area contributed by atoms with Crippen molar-refractivity contribution in [2.24, 2.45) is 0 Å². The number of hydrogen-bond acceptors (Lipinski definition) is 8. The van der Waals surface area contributed by atoms with Gasteiger partial charge in [0.05, 0.1) is 46.4 Å². The maximum Gasteiger partial charge on any atom is 0.158 e. The first-order valence-corrected chi connectivity index (χ1v) is 13.1. The third-order valence-corrected chi connectivity index (χ3v) is 6.72. The maximum atomic E-state index is 5.90. The Labute approximate surface area is 240 Å². The smallest absolute Gasteiger partial charge is 0.158 e. The number of nitrogen functional groups attached to an aromatic ring is 2. The summed E-state index contributed by atoms with van der Waals surface area (Å²) >= 11 is 5.81. The standard InChI is InChI=1S/C19H17N5.C11H8ClN5/c1-13-4-2-3-5-14(13)8-16-10-21-11-19(23-16)24-12-22-17-7-6-15(20)9-18(17)24;12-10-4-14-5-11(16-10)17-6-15-8-2-1-7(13)3-9(8)17/h2-7,9-12H,8,20H2,1H3;1-6H,13H2. The van der Waals surface area contributed by atoms with Gasteiger partial charge in [-0.05, 0) is 54.4 Å². The first-order chi connectivity index (χ1) is 19.9. The van der Waals surface area contributed by atoms with Crippen molar-refractivity contribution in [3.8, 4) is 11.6 Å². The van der Waals surface area contributed by atoms with E-state index in [9.17, 15) is 0 Å². The van der Waals surface area contributed by atoms with E-state index in [2.05, 4.69) is 44.0 Å². The average Bonchev–Trinajstić information content (AvgIpc) is 3.59. The average molecular weight is 561 g/mol. The molecule has 7 rings (SSSR count). The van der Waals surface area contributed by atoms with E-state index in [1.54, 1.807) is 29.6 Å². The molecular weight excluding hydrogens is 536 g/mol. The van der Waals surface area contributed by atoms with Crippen molar-refractivity contribution < 1.29 is 0 Å². The zero-order valence-corrected chi connectivity index (χ0v) is 22.8. The van der Waals surface area contributed by atoms with E-state index in [0.717, 1.165) is 40.0 Å². The molecule has 4 aromatic heterocycles. The number of imidazole rings is 2. The molecule has 0 unspecified atom stereocenters. The summed E-state index contributed by atoms with van der Waals surface area (Å²) in [5.41, 5.74) is 20.0. The van der Waals surface area contributed by atoms with Crippen LogP contribution in [0.3, 0.4) is 0 Å². The number of nitrogens with zero attached hydrogens (tertiary/aromatic N) is 8. The summed E-state index contributed by atoms with van der Waals surface area (Å²) in [6.45, 7) is 2.11. The van der Waals surface area contributed by atoms with E-state index in [1.807, 2.05) is 59.3 Å². The van der Waals surface area contributed by atoms with Crippen molar-refractivity contribution in [1.29, 1.82) is 0 Å². The SMILES string of the molecule is Cc1ccccc1Cc1cncc(-n2cnc3ccc(N)cc32)n1.Nc1ccc2ncn(-c3cncc(Cl)n3)c2c1. The van der Waals surface area contributed by atoms with Gasteiger partial charge in [0, 0.05) is 24.0 Å². The number of hydrogen-bond donors (Lipinski definition) is 2. The Morgan fingerprint density at radius 3 is 1.90 bits per heavy atom. The quantitative estimate of drug-likeness (QED) is 0.275. The van der Waals surface area contributed by atoms with Crippen molar-refractivity contribution in [2.45, 2.75) is 13.3 Å². The second kappa shape index (κ2) is 11.0. The molecule has 11 heteroatoms. The van der Waals surface area contributed by atoms with E-state index in [-0.39, 0.29) is 0 Å². The van der Waals surface area contributed by atoms with Crippen molar-refractivity contribution in [2.75, 3.05) is 11.5 Å². The molecule has 41 heavy (non-hydrogen) atoms. The topological polar surface area (TPSA) is 139 Å². The predicted octanol–water partition coefficient (Wildman–Crippen LogP) is 5.35. The Hall–Kier alpha value is -5.35. The second-order valence-corrected chi connectivity index (χ2v) is 9.78. The molecule has 0 atom stereocenters. The lowest BCUT2D eigenvalue weighted by molar-refractivity contribution is 0.940. The number of aromatic nitrogens is 8. The molecule has 4 heterocycles. The molecule has 0 fully saturated rings. The van der Waals surface area contributed by atoms with E-state index in [0.29, 0.717) is 22.3 Å². The second-order valence-electron chi connectivity index (χ2n) is 9.40. The van der Waals surface area contributed by atoms with Gasteiger partial charge in [0.25, 0.3) is 0 Å². The van der Waals surface area contributed by atoms with Gasteiger partial charge >= 0.3 is 0 Å². The van der Waals surface area contributed by atoms with Gasteiger partial charge in [-0.15, -0.1) is 0 Å². The van der Waals surface area contributed by atoms with Crippen LogP contribution in [0.1, 0.15) is 16.8 Å². The van der Waals surface area contributed by atoms with Crippen molar-refractivity contribution in [3.05, 3.63) is 120 Å². The fourth-order valence-corrected chi connectivity index (χ4v) is 4.61. The summed E-state index contributed by atoms with van der Waals surface area (Å²) in [4.78, 5) is 25.9. The van der Waals surface area contributed by atoms with Crippen LogP contribution in [0.4, 0.5) is 11.4 Å². The maximum absolute atomic E-state index is 5.90. The molecule has 0 spiro atoms. The molecule has 0 saturated heterocycles. The van der Waals surface area contributed by atoms with Crippen LogP contribution in [0.2, 0.25) is 5.15 Å². The van der Waals surface area contributed by atoms with Crippen LogP contribution in [0.15, 0.2) is 98.1 Å². The predicted molar refractivity (Wildman–Crippen MR) is 161 cm³/mol. The third-order valence-electron chi connectivity index (χ3n) is 6.53. The van der Waals surface area contributed by atoms with Crippen molar-refractivity contribution in [3.63, 3.8) is 0 Å². The van der Waals surface area contributed by atoms with Gasteiger partial charge in [-0.3, -0.25) is 19.1 Å². The monoisotopic (exact) mass is 560 g/mol. The van der Waals surface area contributed by atoms with E-state index in [4.69, 9.17) is 28.1 Å². The van der Waals surface area contributed by atoms with E-state index >= 15 is 0 Å². The molecule has 0 bridgehead atoms. The third kappa shape index (κ3) is 5.54. The molecule has 202 valence electrons. The Kier molecular flexibility index (Phi) is 6.97. The lowest BCUT2D eigenvalue weighted by Gasteiger charge is -2.08. The minimum Gasteiger partial charge on any atom is -0.399 e. The number of aryl methyl sites for hydroxylation is 1. The van der Waals surface area contributed by atoms with Gasteiger partial charge in [-0.1, -0.05) is 35.9 Å². The van der Waals surface area contributed by atoms with Crippen LogP contribution in [-0.2, 0) is 6.42 Å². The van der Waals surface area contributed by atoms with Crippen LogP contribution in [0.25, 0.3) is 33.7 Å². The highest BCUT2D eigenvalue weighted by Crippen LogP contribution is 2.21. The molecule has 0 aliphatic rings. The first kappa shape index (κ1) is 25.9. The highest BCUT2D eigenvalue weighted by atomic mass is 35.5. The number of rotatable bonds is 4. The molecule has 0 radical (unpaired) electrons. The molecule has 3 aromatic carbocycles. The lowest BCUT2D eigenvalue weighted by Crippen LogP contribution is -2.02. The van der Waals surface area contributed by atoms with Gasteiger partial charge in [-0.2, -0.15) is 0 Å². The number of fused-ring (bicyclic) bond motifs is 2. The van der Waals surface area contributed by atoms with Gasteiger partial charge in [0.1, 0.15) is 17.8 Å². The van der Waals surface area contributed by atoms with E-state index < -0.39 is 0 Å². The lowest BCUT2D eigenvalue weighted by atomic mass is 10.0. The summed E-state index contributed by atoms with van der Waals surface area (Å²) in [6.07, 6.45) is 10.8. The largest absolute Gasteiger partial charge is 0.399 e. The molecule has 0 aliphatic carbocycles. The molecule has 4 N–H and O–H groups in total. The fourth-order valence-electron chi connectivity index (χ4n) is 4.46. The summed E-state index contributed by atoms with van der Waals surface area (Å²) in [7, 11) is 0. The van der Waals surface area contributed by atoms with Crippen LogP contribution < -0.4 is 11.5 Å². The number of halogens is 1. The summed E-state index contributed by atoms with van der Waals surface area (Å²) in [6, 6.07) is 19.5. The zero-order chi connectivity index (χ0) is 28.3. The number of nitrogens with two attached hydrogens (primary N) is 2. The summed E-state index contributed by atoms with van der Waals surface area (Å²) in [5, 5.41) is 0.341. The molecule has 0 saturated carbocycles. The molecule has 7 aromatic rings. The minimum absolute atomic E-state index is 0.341. The number of benzene rings is 3. The highest BCUT2D eigenvalue weighted by Gasteiger charge is 2.09. The van der Waals surface area contributed by atoms with Crippen molar-refractivity contribution in [1.82, 2.24) is 39.0 Å². The fraction of sp³-hybridized carbons (Fsp3) is 0.0667. The Balaban J connectivity index is 0.000000156. The van der Waals surface area contributed by atoms with Crippen LogP contribution in [-0.4, -0.2) is 39.0 Å². The molecule has 10 nitrogen and oxygen atoms in total. The first-order valence-electron chi connectivity index (χ1n) is 12.7. The molecule has 0 amide bonds.